The van der Waals surface area contributed by atoms with Crippen LogP contribution in [0.2, 0.25) is 0 Å². The van der Waals surface area contributed by atoms with Gasteiger partial charge < -0.3 is 33.8 Å². The normalized spacial score (nSPS) is 14.0. The van der Waals surface area contributed by atoms with Crippen LogP contribution in [0, 0.1) is 11.8 Å². The maximum absolute atomic E-state index is 13.1. The van der Waals surface area contributed by atoms with Crippen LogP contribution in [0.25, 0.3) is 0 Å². The highest BCUT2D eigenvalue weighted by Crippen LogP contribution is 2.45. The molecule has 0 saturated heterocycles. The molecule has 5 atom stereocenters. The summed E-state index contributed by atoms with van der Waals surface area (Å²) in [4.78, 5) is 72.8. The Labute approximate surface area is 581 Å². The van der Waals surface area contributed by atoms with Crippen molar-refractivity contribution in [1.29, 1.82) is 0 Å². The van der Waals surface area contributed by atoms with Crippen molar-refractivity contribution in [2.45, 2.75) is 413 Å². The third-order valence-electron chi connectivity index (χ3n) is 17.7. The molecule has 0 fully saturated rings. The van der Waals surface area contributed by atoms with Crippen LogP contribution in [0.3, 0.4) is 0 Å². The molecule has 0 aromatic rings. The predicted molar refractivity (Wildman–Crippen MR) is 386 cm³/mol. The predicted octanol–water partition coefficient (Wildman–Crippen LogP) is 22.3. The number of hydrogen-bond acceptors (Lipinski definition) is 15. The summed E-state index contributed by atoms with van der Waals surface area (Å²) >= 11 is 0. The van der Waals surface area contributed by atoms with Crippen LogP contribution in [-0.4, -0.2) is 96.7 Å². The summed E-state index contributed by atoms with van der Waals surface area (Å²) in [7, 11) is -9.91. The van der Waals surface area contributed by atoms with Crippen LogP contribution < -0.4 is 0 Å². The lowest BCUT2D eigenvalue weighted by Crippen LogP contribution is -2.30. The molecule has 0 bridgehead atoms. The molecular weight excluding hydrogens is 1250 g/mol. The van der Waals surface area contributed by atoms with Gasteiger partial charge >= 0.3 is 39.5 Å². The van der Waals surface area contributed by atoms with E-state index < -0.39 is 97.5 Å². The van der Waals surface area contributed by atoms with E-state index in [0.29, 0.717) is 31.6 Å². The molecule has 3 N–H and O–H groups in total. The van der Waals surface area contributed by atoms with Crippen molar-refractivity contribution in [1.82, 2.24) is 0 Å². The van der Waals surface area contributed by atoms with Crippen molar-refractivity contribution in [3.8, 4) is 0 Å². The minimum Gasteiger partial charge on any atom is -0.462 e. The van der Waals surface area contributed by atoms with Crippen molar-refractivity contribution in [2.75, 3.05) is 39.6 Å². The van der Waals surface area contributed by atoms with Crippen molar-refractivity contribution in [3.05, 3.63) is 0 Å². The largest absolute Gasteiger partial charge is 0.472 e. The zero-order valence-corrected chi connectivity index (χ0v) is 63.8. The lowest BCUT2D eigenvalue weighted by atomic mass is 10.0. The molecule has 0 aliphatic rings. The molecule has 0 aromatic heterocycles. The van der Waals surface area contributed by atoms with E-state index in [0.717, 1.165) is 102 Å². The van der Waals surface area contributed by atoms with E-state index in [2.05, 4.69) is 41.5 Å². The summed E-state index contributed by atoms with van der Waals surface area (Å²) in [5.74, 6) is -0.615. The van der Waals surface area contributed by atoms with Gasteiger partial charge in [-0.15, -0.1) is 0 Å². The summed E-state index contributed by atoms with van der Waals surface area (Å²) in [6.45, 7) is 9.56. The molecule has 95 heavy (non-hydrogen) atoms. The first-order valence-corrected chi connectivity index (χ1v) is 42.5. The highest BCUT2D eigenvalue weighted by atomic mass is 31.2. The quantitative estimate of drug-likeness (QED) is 0.0222. The van der Waals surface area contributed by atoms with Crippen LogP contribution in [0.4, 0.5) is 0 Å². The molecule has 0 heterocycles. The fraction of sp³-hybridized carbons (Fsp3) is 0.947. The lowest BCUT2D eigenvalue weighted by molar-refractivity contribution is -0.161. The van der Waals surface area contributed by atoms with Crippen molar-refractivity contribution < 1.29 is 80.2 Å². The highest BCUT2D eigenvalue weighted by molar-refractivity contribution is 7.47. The molecule has 0 aliphatic heterocycles. The van der Waals surface area contributed by atoms with Gasteiger partial charge in [-0.05, 0) is 37.5 Å². The van der Waals surface area contributed by atoms with Crippen molar-refractivity contribution in [2.24, 2.45) is 11.8 Å². The van der Waals surface area contributed by atoms with E-state index in [-0.39, 0.29) is 25.7 Å². The van der Waals surface area contributed by atoms with Gasteiger partial charge in [-0.3, -0.25) is 37.3 Å². The summed E-state index contributed by atoms with van der Waals surface area (Å²) in [5.41, 5.74) is 0. The first-order valence-electron chi connectivity index (χ1n) is 39.5. The standard InChI is InChI=1S/C76H148O17P2/c1-7-9-11-13-15-17-19-20-21-22-23-27-31-34-40-46-52-58-73(78)86-64-71(92-76(81)61-55-49-42-36-32-28-25-24-26-30-33-38-44-50-56-68(3)4)66-90-94(82,83)88-62-70(77)63-89-95(84,85)91-67-72(65-87-74(79)59-53-47-43-37-39-45-51-57-69(5)6)93-75(80)60-54-48-41-35-29-18-16-14-12-10-8-2/h68-72,77H,7-67H2,1-6H3,(H,82,83)(H,84,85)/t70-,71-,72-/m1/s1. The second kappa shape index (κ2) is 67.9. The number of ether oxygens (including phenoxy) is 4. The summed E-state index contributed by atoms with van der Waals surface area (Å²) < 4.78 is 68.5. The van der Waals surface area contributed by atoms with Gasteiger partial charge in [0.05, 0.1) is 26.4 Å². The first kappa shape index (κ1) is 93.1. The van der Waals surface area contributed by atoms with E-state index in [1.807, 2.05) is 0 Å². The number of aliphatic hydroxyl groups excluding tert-OH is 1. The molecule has 0 amide bonds. The maximum atomic E-state index is 13.1. The molecule has 17 nitrogen and oxygen atoms in total. The molecule has 0 rings (SSSR count). The Morgan fingerprint density at radius 3 is 0.716 bits per heavy atom. The Morgan fingerprint density at radius 2 is 0.484 bits per heavy atom. The van der Waals surface area contributed by atoms with E-state index in [9.17, 15) is 43.2 Å². The molecule has 0 aromatic carbocycles. The number of esters is 4. The number of phosphoric acid groups is 2. The molecule has 2 unspecified atom stereocenters. The van der Waals surface area contributed by atoms with E-state index in [4.69, 9.17) is 37.0 Å². The summed E-state index contributed by atoms with van der Waals surface area (Å²) in [5, 5.41) is 10.6. The Morgan fingerprint density at radius 1 is 0.284 bits per heavy atom. The van der Waals surface area contributed by atoms with Crippen LogP contribution in [-0.2, 0) is 65.4 Å². The highest BCUT2D eigenvalue weighted by Gasteiger charge is 2.30. The number of carbonyl (C=O) groups is 4. The van der Waals surface area contributed by atoms with Crippen molar-refractivity contribution >= 4 is 39.5 Å². The minimum absolute atomic E-state index is 0.106. The fourth-order valence-electron chi connectivity index (χ4n) is 11.7. The third kappa shape index (κ3) is 70.3. The molecule has 0 aliphatic carbocycles. The lowest BCUT2D eigenvalue weighted by Gasteiger charge is -2.21. The smallest absolute Gasteiger partial charge is 0.462 e. The van der Waals surface area contributed by atoms with Crippen molar-refractivity contribution in [3.63, 3.8) is 0 Å². The first-order chi connectivity index (χ1) is 45.9. The third-order valence-corrected chi connectivity index (χ3v) is 19.6. The second-order valence-electron chi connectivity index (χ2n) is 28.3. The maximum Gasteiger partial charge on any atom is 0.472 e. The zero-order valence-electron chi connectivity index (χ0n) is 62.0. The van der Waals surface area contributed by atoms with Crippen LogP contribution in [0.1, 0.15) is 395 Å². The average molecular weight is 1400 g/mol. The second-order valence-corrected chi connectivity index (χ2v) is 31.3. The minimum atomic E-state index is -4.96. The van der Waals surface area contributed by atoms with Gasteiger partial charge in [0.25, 0.3) is 0 Å². The Kier molecular flexibility index (Phi) is 66.5. The number of phosphoric ester groups is 2. The van der Waals surface area contributed by atoms with Gasteiger partial charge in [-0.2, -0.15) is 0 Å². The van der Waals surface area contributed by atoms with Gasteiger partial charge in [0.1, 0.15) is 19.3 Å². The monoisotopic (exact) mass is 1400 g/mol. The molecular formula is C76H148O17P2. The average Bonchev–Trinajstić information content (AvgIpc) is 3.52. The van der Waals surface area contributed by atoms with Crippen LogP contribution in [0.5, 0.6) is 0 Å². The summed E-state index contributed by atoms with van der Waals surface area (Å²) in [6, 6.07) is 0. The van der Waals surface area contributed by atoms with Gasteiger partial charge in [0, 0.05) is 25.7 Å². The Balaban J connectivity index is 5.23. The van der Waals surface area contributed by atoms with E-state index in [1.165, 1.54) is 205 Å². The van der Waals surface area contributed by atoms with E-state index >= 15 is 0 Å². The Bertz CT molecular complexity index is 1840. The number of hydrogen-bond donors (Lipinski definition) is 3. The van der Waals surface area contributed by atoms with Crippen LogP contribution >= 0.6 is 15.6 Å². The Hall–Kier alpha value is -1.94. The molecule has 19 heteroatoms. The zero-order chi connectivity index (χ0) is 70.0. The fourth-order valence-corrected chi connectivity index (χ4v) is 13.2. The molecule has 0 radical (unpaired) electrons. The van der Waals surface area contributed by atoms with Gasteiger partial charge in [-0.1, -0.05) is 343 Å². The number of aliphatic hydroxyl groups is 1. The summed E-state index contributed by atoms with van der Waals surface area (Å²) in [6.07, 6.45) is 55.5. The topological polar surface area (TPSA) is 237 Å². The number of carbonyl (C=O) groups excluding carboxylic acids is 4. The van der Waals surface area contributed by atoms with Gasteiger partial charge in [-0.25, -0.2) is 9.13 Å². The number of unbranched alkanes of at least 4 members (excludes halogenated alkanes) is 45. The van der Waals surface area contributed by atoms with E-state index in [1.54, 1.807) is 0 Å². The molecule has 0 saturated carbocycles. The SMILES string of the molecule is CCCCCCCCCCCCCCCCCCCC(=O)OC[C@H](COP(=O)(O)OC[C@@H](O)COP(=O)(O)OC[C@@H](COC(=O)CCCCCCCCCC(C)C)OC(=O)CCCCCCCCCCCCC)OC(=O)CCCCCCCCCCCCCCCCC(C)C. The van der Waals surface area contributed by atoms with Gasteiger partial charge in [0.2, 0.25) is 0 Å². The molecule has 0 spiro atoms. The van der Waals surface area contributed by atoms with Crippen LogP contribution in [0.15, 0.2) is 0 Å². The van der Waals surface area contributed by atoms with Gasteiger partial charge in [0.15, 0.2) is 12.2 Å². The number of rotatable bonds is 75. The molecule has 564 valence electrons.